The first kappa shape index (κ1) is 19.0. The van der Waals surface area contributed by atoms with Gasteiger partial charge in [0.2, 0.25) is 0 Å². The number of hydrogen-bond acceptors (Lipinski definition) is 6. The highest BCUT2D eigenvalue weighted by Crippen LogP contribution is 2.41. The second kappa shape index (κ2) is 7.29. The SMILES string of the molecule is COC(=O)c1cc([N+](=O)[O-])c(N[C@@H]2C[C@H](C)CC(C)(C)C2)cc1OC. The molecule has 2 atom stereocenters. The van der Waals surface area contributed by atoms with Crippen LogP contribution in [0.2, 0.25) is 0 Å². The number of nitro benzene ring substituents is 1. The Morgan fingerprint density at radius 2 is 2.00 bits per heavy atom. The maximum atomic E-state index is 11.9. The van der Waals surface area contributed by atoms with Crippen LogP contribution in [0.1, 0.15) is 50.4 Å². The highest BCUT2D eigenvalue weighted by Gasteiger charge is 2.33. The van der Waals surface area contributed by atoms with Gasteiger partial charge in [-0.2, -0.15) is 0 Å². The van der Waals surface area contributed by atoms with Crippen LogP contribution >= 0.6 is 0 Å². The first-order valence-corrected chi connectivity index (χ1v) is 8.38. The van der Waals surface area contributed by atoms with Gasteiger partial charge >= 0.3 is 5.97 Å². The molecule has 2 rings (SSSR count). The van der Waals surface area contributed by atoms with Crippen molar-refractivity contribution in [3.63, 3.8) is 0 Å². The van der Waals surface area contributed by atoms with Crippen molar-refractivity contribution in [3.8, 4) is 5.75 Å². The maximum Gasteiger partial charge on any atom is 0.341 e. The van der Waals surface area contributed by atoms with Crippen molar-refractivity contribution in [3.05, 3.63) is 27.8 Å². The molecule has 0 bridgehead atoms. The topological polar surface area (TPSA) is 90.7 Å². The van der Waals surface area contributed by atoms with Gasteiger partial charge in [0.25, 0.3) is 5.69 Å². The number of benzene rings is 1. The summed E-state index contributed by atoms with van der Waals surface area (Å²) < 4.78 is 9.91. The summed E-state index contributed by atoms with van der Waals surface area (Å²) in [6.07, 6.45) is 3.01. The molecule has 7 nitrogen and oxygen atoms in total. The highest BCUT2D eigenvalue weighted by atomic mass is 16.6. The third-order valence-electron chi connectivity index (χ3n) is 4.67. The van der Waals surface area contributed by atoms with Gasteiger partial charge in [0, 0.05) is 18.2 Å². The number of rotatable bonds is 5. The minimum atomic E-state index is -0.668. The number of carbonyl (C=O) groups is 1. The number of nitro groups is 1. The minimum Gasteiger partial charge on any atom is -0.496 e. The van der Waals surface area contributed by atoms with Crippen LogP contribution in [0, 0.1) is 21.4 Å². The molecule has 1 aromatic carbocycles. The second-order valence-corrected chi connectivity index (χ2v) is 7.57. The number of carbonyl (C=O) groups excluding carboxylic acids is 1. The van der Waals surface area contributed by atoms with E-state index in [1.54, 1.807) is 0 Å². The van der Waals surface area contributed by atoms with E-state index in [4.69, 9.17) is 4.74 Å². The van der Waals surface area contributed by atoms with Crippen molar-refractivity contribution in [1.82, 2.24) is 0 Å². The first-order chi connectivity index (χ1) is 11.7. The lowest BCUT2D eigenvalue weighted by Crippen LogP contribution is -2.35. The summed E-state index contributed by atoms with van der Waals surface area (Å²) >= 11 is 0. The lowest BCUT2D eigenvalue weighted by molar-refractivity contribution is -0.384. The lowest BCUT2D eigenvalue weighted by Gasteiger charge is -2.39. The average molecular weight is 350 g/mol. The Kier molecular flexibility index (Phi) is 5.55. The Balaban J connectivity index is 2.39. The van der Waals surface area contributed by atoms with Gasteiger partial charge in [-0.3, -0.25) is 10.1 Å². The van der Waals surface area contributed by atoms with Crippen molar-refractivity contribution in [2.45, 2.75) is 46.1 Å². The van der Waals surface area contributed by atoms with Gasteiger partial charge in [0.05, 0.1) is 19.1 Å². The molecule has 0 amide bonds. The Labute approximate surface area is 147 Å². The van der Waals surface area contributed by atoms with E-state index in [1.165, 1.54) is 26.4 Å². The molecule has 1 aromatic rings. The highest BCUT2D eigenvalue weighted by molar-refractivity contribution is 5.94. The quantitative estimate of drug-likeness (QED) is 0.490. The molecule has 7 heteroatoms. The molecule has 25 heavy (non-hydrogen) atoms. The molecule has 0 aliphatic heterocycles. The van der Waals surface area contributed by atoms with Gasteiger partial charge in [-0.1, -0.05) is 20.8 Å². The number of esters is 1. The van der Waals surface area contributed by atoms with E-state index in [9.17, 15) is 14.9 Å². The van der Waals surface area contributed by atoms with Crippen LogP contribution < -0.4 is 10.1 Å². The Bertz CT molecular complexity index is 672. The van der Waals surface area contributed by atoms with E-state index in [2.05, 4.69) is 30.8 Å². The van der Waals surface area contributed by atoms with Gasteiger partial charge in [-0.05, 0) is 30.6 Å². The fraction of sp³-hybridized carbons (Fsp3) is 0.611. The standard InChI is InChI=1S/C18H26N2O5/c1-11-6-12(10-18(2,3)9-11)19-14-8-16(24-4)13(17(21)25-5)7-15(14)20(22)23/h7-8,11-12,19H,6,9-10H2,1-5H3/t11-,12+/m0/s1. The number of hydrogen-bond donors (Lipinski definition) is 1. The van der Waals surface area contributed by atoms with Gasteiger partial charge in [0.1, 0.15) is 17.0 Å². The summed E-state index contributed by atoms with van der Waals surface area (Å²) in [5.74, 6) is 0.124. The molecule has 0 aromatic heterocycles. The monoisotopic (exact) mass is 350 g/mol. The van der Waals surface area contributed by atoms with Crippen LogP contribution in [0.3, 0.4) is 0 Å². The fourth-order valence-electron chi connectivity index (χ4n) is 3.95. The predicted molar refractivity (Wildman–Crippen MR) is 95.2 cm³/mol. The van der Waals surface area contributed by atoms with Gasteiger partial charge in [-0.15, -0.1) is 0 Å². The predicted octanol–water partition coefficient (Wildman–Crippen LogP) is 4.02. The first-order valence-electron chi connectivity index (χ1n) is 8.38. The van der Waals surface area contributed by atoms with E-state index in [-0.39, 0.29) is 28.5 Å². The minimum absolute atomic E-state index is 0.0413. The van der Waals surface area contributed by atoms with Crippen molar-refractivity contribution in [1.29, 1.82) is 0 Å². The number of methoxy groups -OCH3 is 2. The van der Waals surface area contributed by atoms with Gasteiger partial charge in [0.15, 0.2) is 0 Å². The van der Waals surface area contributed by atoms with Crippen molar-refractivity contribution >= 4 is 17.3 Å². The zero-order valence-electron chi connectivity index (χ0n) is 15.4. The molecule has 1 fully saturated rings. The van der Waals surface area contributed by atoms with E-state index in [0.717, 1.165) is 19.3 Å². The van der Waals surface area contributed by atoms with Gasteiger partial charge < -0.3 is 14.8 Å². The largest absolute Gasteiger partial charge is 0.496 e. The van der Waals surface area contributed by atoms with E-state index in [0.29, 0.717) is 11.6 Å². The zero-order chi connectivity index (χ0) is 18.8. The summed E-state index contributed by atoms with van der Waals surface area (Å²) in [6.45, 7) is 6.63. The Hall–Kier alpha value is -2.31. The van der Waals surface area contributed by atoms with Crippen LogP contribution in [-0.2, 0) is 4.74 Å². The molecule has 0 heterocycles. The third-order valence-corrected chi connectivity index (χ3v) is 4.67. The van der Waals surface area contributed by atoms with Gasteiger partial charge in [-0.25, -0.2) is 4.79 Å². The number of anilines is 1. The lowest BCUT2D eigenvalue weighted by atomic mass is 9.70. The summed E-state index contributed by atoms with van der Waals surface area (Å²) in [7, 11) is 2.65. The van der Waals surface area contributed by atoms with Crippen LogP contribution in [0.25, 0.3) is 0 Å². The number of nitrogens with zero attached hydrogens (tertiary/aromatic N) is 1. The smallest absolute Gasteiger partial charge is 0.341 e. The molecule has 1 aliphatic carbocycles. The van der Waals surface area contributed by atoms with Crippen LogP contribution in [0.15, 0.2) is 12.1 Å². The molecule has 1 saturated carbocycles. The molecule has 0 saturated heterocycles. The summed E-state index contributed by atoms with van der Waals surface area (Å²) in [5.41, 5.74) is 0.432. The molecule has 1 aliphatic rings. The average Bonchev–Trinajstić information content (AvgIpc) is 2.51. The normalized spacial score (nSPS) is 22.1. The fourth-order valence-corrected chi connectivity index (χ4v) is 3.95. The van der Waals surface area contributed by atoms with E-state index in [1.807, 2.05) is 0 Å². The Morgan fingerprint density at radius 3 is 2.52 bits per heavy atom. The molecule has 0 radical (unpaired) electrons. The summed E-state index contributed by atoms with van der Waals surface area (Å²) in [5, 5.41) is 14.8. The number of ether oxygens (including phenoxy) is 2. The van der Waals surface area contributed by atoms with Crippen LogP contribution in [0.5, 0.6) is 5.75 Å². The molecule has 1 N–H and O–H groups in total. The maximum absolute atomic E-state index is 11.9. The summed E-state index contributed by atoms with van der Waals surface area (Å²) in [4.78, 5) is 22.8. The van der Waals surface area contributed by atoms with Crippen molar-refractivity contribution < 1.29 is 19.2 Å². The summed E-state index contributed by atoms with van der Waals surface area (Å²) in [6, 6.07) is 2.85. The number of nitrogens with one attached hydrogen (secondary N) is 1. The van der Waals surface area contributed by atoms with Crippen LogP contribution in [0.4, 0.5) is 11.4 Å². The van der Waals surface area contributed by atoms with Crippen LogP contribution in [-0.4, -0.2) is 31.2 Å². The zero-order valence-corrected chi connectivity index (χ0v) is 15.4. The van der Waals surface area contributed by atoms with E-state index < -0.39 is 10.9 Å². The Morgan fingerprint density at radius 1 is 1.32 bits per heavy atom. The molecule has 0 unspecified atom stereocenters. The molecule has 138 valence electrons. The van der Waals surface area contributed by atoms with E-state index >= 15 is 0 Å². The van der Waals surface area contributed by atoms with Crippen molar-refractivity contribution in [2.75, 3.05) is 19.5 Å². The third kappa shape index (κ3) is 4.41. The molecule has 0 spiro atoms. The second-order valence-electron chi connectivity index (χ2n) is 7.57. The molecular formula is C18H26N2O5. The van der Waals surface area contributed by atoms with Crippen molar-refractivity contribution in [2.24, 2.45) is 11.3 Å². The molecular weight excluding hydrogens is 324 g/mol.